The van der Waals surface area contributed by atoms with E-state index in [4.69, 9.17) is 0 Å². The third kappa shape index (κ3) is 4.98. The second-order valence-corrected chi connectivity index (χ2v) is 6.03. The molecular formula is C18H27N3O2. The van der Waals surface area contributed by atoms with Crippen LogP contribution in [0.25, 0.3) is 0 Å². The largest absolute Gasteiger partial charge is 0.376 e. The molecule has 1 aliphatic heterocycles. The van der Waals surface area contributed by atoms with Gasteiger partial charge in [0, 0.05) is 30.9 Å². The molecule has 1 aromatic carbocycles. The molecule has 0 atom stereocenters. The van der Waals surface area contributed by atoms with Crippen LogP contribution >= 0.6 is 0 Å². The SMILES string of the molecule is CCC(=O)Nc1cccc(NCC(=O)N2CCCCCC2)c1C. The molecule has 1 saturated heterocycles. The van der Waals surface area contributed by atoms with Crippen LogP contribution in [0.2, 0.25) is 0 Å². The number of nitrogens with zero attached hydrogens (tertiary/aromatic N) is 1. The van der Waals surface area contributed by atoms with Crippen LogP contribution in [0.3, 0.4) is 0 Å². The zero-order chi connectivity index (χ0) is 16.7. The fourth-order valence-corrected chi connectivity index (χ4v) is 2.80. The molecule has 2 amide bonds. The molecule has 1 heterocycles. The number of nitrogens with one attached hydrogen (secondary N) is 2. The molecule has 1 aliphatic rings. The van der Waals surface area contributed by atoms with E-state index in [9.17, 15) is 9.59 Å². The van der Waals surface area contributed by atoms with Crippen LogP contribution in [0.4, 0.5) is 11.4 Å². The van der Waals surface area contributed by atoms with E-state index in [-0.39, 0.29) is 11.8 Å². The highest BCUT2D eigenvalue weighted by atomic mass is 16.2. The molecule has 5 nitrogen and oxygen atoms in total. The number of carbonyl (C=O) groups is 2. The average molecular weight is 317 g/mol. The Bertz CT molecular complexity index is 549. The number of carbonyl (C=O) groups excluding carboxylic acids is 2. The van der Waals surface area contributed by atoms with Crippen LogP contribution in [0.1, 0.15) is 44.6 Å². The van der Waals surface area contributed by atoms with Crippen LogP contribution in [0.15, 0.2) is 18.2 Å². The first-order valence-corrected chi connectivity index (χ1v) is 8.53. The van der Waals surface area contributed by atoms with Gasteiger partial charge in [0.05, 0.1) is 6.54 Å². The van der Waals surface area contributed by atoms with Crippen LogP contribution in [-0.2, 0) is 9.59 Å². The Balaban J connectivity index is 1.95. The van der Waals surface area contributed by atoms with E-state index >= 15 is 0 Å². The number of hydrogen-bond donors (Lipinski definition) is 2. The van der Waals surface area contributed by atoms with E-state index < -0.39 is 0 Å². The van der Waals surface area contributed by atoms with Gasteiger partial charge in [0.25, 0.3) is 0 Å². The lowest BCUT2D eigenvalue weighted by molar-refractivity contribution is -0.129. The maximum atomic E-state index is 12.3. The highest BCUT2D eigenvalue weighted by Gasteiger charge is 2.15. The molecule has 1 aromatic rings. The number of rotatable bonds is 5. The fraction of sp³-hybridized carbons (Fsp3) is 0.556. The van der Waals surface area contributed by atoms with Gasteiger partial charge in [-0.3, -0.25) is 9.59 Å². The third-order valence-electron chi connectivity index (χ3n) is 4.32. The minimum atomic E-state index is -0.00843. The minimum absolute atomic E-state index is 0.00843. The van der Waals surface area contributed by atoms with Gasteiger partial charge >= 0.3 is 0 Å². The normalized spacial score (nSPS) is 15.0. The molecule has 0 aromatic heterocycles. The number of benzene rings is 1. The molecule has 2 rings (SSSR count). The maximum absolute atomic E-state index is 12.3. The summed E-state index contributed by atoms with van der Waals surface area (Å²) < 4.78 is 0. The Labute approximate surface area is 138 Å². The van der Waals surface area contributed by atoms with Crippen LogP contribution in [0.5, 0.6) is 0 Å². The molecule has 5 heteroatoms. The molecule has 2 N–H and O–H groups in total. The summed E-state index contributed by atoms with van der Waals surface area (Å²) in [7, 11) is 0. The molecule has 0 saturated carbocycles. The van der Waals surface area contributed by atoms with Crippen molar-refractivity contribution in [1.29, 1.82) is 0 Å². The first-order chi connectivity index (χ1) is 11.1. The predicted molar refractivity (Wildman–Crippen MR) is 93.6 cm³/mol. The van der Waals surface area contributed by atoms with Crippen molar-refractivity contribution in [2.75, 3.05) is 30.3 Å². The maximum Gasteiger partial charge on any atom is 0.241 e. The highest BCUT2D eigenvalue weighted by Crippen LogP contribution is 2.23. The van der Waals surface area contributed by atoms with Gasteiger partial charge in [-0.1, -0.05) is 25.8 Å². The summed E-state index contributed by atoms with van der Waals surface area (Å²) in [6.07, 6.45) is 5.09. The summed E-state index contributed by atoms with van der Waals surface area (Å²) in [6.45, 7) is 5.81. The van der Waals surface area contributed by atoms with E-state index in [0.717, 1.165) is 42.9 Å². The van der Waals surface area contributed by atoms with Crippen LogP contribution in [0, 0.1) is 6.92 Å². The first-order valence-electron chi connectivity index (χ1n) is 8.53. The molecule has 0 aliphatic carbocycles. The fourth-order valence-electron chi connectivity index (χ4n) is 2.80. The van der Waals surface area contributed by atoms with Crippen molar-refractivity contribution in [3.05, 3.63) is 23.8 Å². The van der Waals surface area contributed by atoms with E-state index in [1.165, 1.54) is 12.8 Å². The highest BCUT2D eigenvalue weighted by molar-refractivity contribution is 5.92. The molecule has 0 bridgehead atoms. The summed E-state index contributed by atoms with van der Waals surface area (Å²) in [5, 5.41) is 6.10. The molecular weight excluding hydrogens is 290 g/mol. The van der Waals surface area contributed by atoms with Gasteiger partial charge in [-0.2, -0.15) is 0 Å². The van der Waals surface area contributed by atoms with Crippen molar-refractivity contribution in [2.24, 2.45) is 0 Å². The number of hydrogen-bond acceptors (Lipinski definition) is 3. The van der Waals surface area contributed by atoms with E-state index in [1.807, 2.05) is 36.9 Å². The zero-order valence-corrected chi connectivity index (χ0v) is 14.2. The quantitative estimate of drug-likeness (QED) is 0.877. The van der Waals surface area contributed by atoms with Crippen molar-refractivity contribution in [3.63, 3.8) is 0 Å². The van der Waals surface area contributed by atoms with Crippen molar-refractivity contribution in [3.8, 4) is 0 Å². The molecule has 0 spiro atoms. The minimum Gasteiger partial charge on any atom is -0.376 e. The predicted octanol–water partition coefficient (Wildman–Crippen LogP) is 3.16. The van der Waals surface area contributed by atoms with E-state index in [2.05, 4.69) is 10.6 Å². The Kier molecular flexibility index (Phi) is 6.44. The molecule has 23 heavy (non-hydrogen) atoms. The molecule has 126 valence electrons. The van der Waals surface area contributed by atoms with Gasteiger partial charge in [-0.25, -0.2) is 0 Å². The van der Waals surface area contributed by atoms with Gasteiger partial charge in [0.15, 0.2) is 0 Å². The van der Waals surface area contributed by atoms with Crippen LogP contribution in [-0.4, -0.2) is 36.3 Å². The van der Waals surface area contributed by atoms with Gasteiger partial charge in [0.1, 0.15) is 0 Å². The van der Waals surface area contributed by atoms with Crippen molar-refractivity contribution in [1.82, 2.24) is 4.90 Å². The second-order valence-electron chi connectivity index (χ2n) is 6.03. The summed E-state index contributed by atoms with van der Waals surface area (Å²) in [4.78, 5) is 25.9. The number of amides is 2. The Morgan fingerprint density at radius 1 is 1.09 bits per heavy atom. The molecule has 1 fully saturated rings. The third-order valence-corrected chi connectivity index (χ3v) is 4.32. The monoisotopic (exact) mass is 317 g/mol. The Hall–Kier alpha value is -2.04. The van der Waals surface area contributed by atoms with E-state index in [0.29, 0.717) is 13.0 Å². The summed E-state index contributed by atoms with van der Waals surface area (Å²) in [5.41, 5.74) is 2.64. The van der Waals surface area contributed by atoms with Gasteiger partial charge < -0.3 is 15.5 Å². The smallest absolute Gasteiger partial charge is 0.241 e. The molecule has 0 radical (unpaired) electrons. The lowest BCUT2D eigenvalue weighted by Gasteiger charge is -2.21. The summed E-state index contributed by atoms with van der Waals surface area (Å²) >= 11 is 0. The lowest BCUT2D eigenvalue weighted by Crippen LogP contribution is -2.36. The number of anilines is 2. The Morgan fingerprint density at radius 2 is 1.74 bits per heavy atom. The van der Waals surface area contributed by atoms with Gasteiger partial charge in [-0.05, 0) is 37.5 Å². The van der Waals surface area contributed by atoms with Crippen molar-refractivity contribution < 1.29 is 9.59 Å². The van der Waals surface area contributed by atoms with E-state index in [1.54, 1.807) is 0 Å². The first kappa shape index (κ1) is 17.3. The van der Waals surface area contributed by atoms with Crippen LogP contribution < -0.4 is 10.6 Å². The topological polar surface area (TPSA) is 61.4 Å². The average Bonchev–Trinajstić information content (AvgIpc) is 2.84. The number of likely N-dealkylation sites (tertiary alicyclic amines) is 1. The lowest BCUT2D eigenvalue weighted by atomic mass is 10.1. The van der Waals surface area contributed by atoms with Crippen molar-refractivity contribution in [2.45, 2.75) is 46.0 Å². The summed E-state index contributed by atoms with van der Waals surface area (Å²) in [6, 6.07) is 5.70. The van der Waals surface area contributed by atoms with Gasteiger partial charge in [0.2, 0.25) is 11.8 Å². The Morgan fingerprint density at radius 3 is 2.39 bits per heavy atom. The van der Waals surface area contributed by atoms with Gasteiger partial charge in [-0.15, -0.1) is 0 Å². The van der Waals surface area contributed by atoms with Crippen molar-refractivity contribution >= 4 is 23.2 Å². The zero-order valence-electron chi connectivity index (χ0n) is 14.2. The standard InChI is InChI=1S/C18H27N3O2/c1-3-17(22)20-16-10-8-9-15(14(16)2)19-13-18(23)21-11-6-4-5-7-12-21/h8-10,19H,3-7,11-13H2,1-2H3,(H,20,22). The molecule has 0 unspecified atom stereocenters. The second kappa shape index (κ2) is 8.56. The summed E-state index contributed by atoms with van der Waals surface area (Å²) in [5.74, 6) is 0.139.